The van der Waals surface area contributed by atoms with E-state index in [1.54, 1.807) is 19.1 Å². The Balaban J connectivity index is 1.68. The molecule has 1 aliphatic heterocycles. The molecule has 2 aromatic heterocycles. The molecule has 0 spiro atoms. The molecule has 0 unspecified atom stereocenters. The molecule has 1 aliphatic rings. The average Bonchev–Trinajstić information content (AvgIpc) is 3.31. The molecule has 0 bridgehead atoms. The van der Waals surface area contributed by atoms with Crippen molar-refractivity contribution in [2.45, 2.75) is 44.6 Å². The van der Waals surface area contributed by atoms with Crippen LogP contribution in [0.5, 0.6) is 0 Å². The van der Waals surface area contributed by atoms with Crippen LogP contribution in [0, 0.1) is 6.92 Å². The summed E-state index contributed by atoms with van der Waals surface area (Å²) in [5.74, 6) is 0.427. The average molecular weight is 394 g/mol. The highest BCUT2D eigenvalue weighted by atomic mass is 32.2. The van der Waals surface area contributed by atoms with Gasteiger partial charge in [0.25, 0.3) is 15.6 Å². The van der Waals surface area contributed by atoms with Crippen LogP contribution in [-0.4, -0.2) is 44.5 Å². The van der Waals surface area contributed by atoms with E-state index in [1.165, 1.54) is 18.9 Å². The molecule has 3 heterocycles. The van der Waals surface area contributed by atoms with Gasteiger partial charge in [-0.15, -0.1) is 0 Å². The molecule has 0 aromatic carbocycles. The SMILES string of the molecule is CCc1cc(-c2ccc(S(=O)(=O)NCCCN3CCCC3)o2)c(C)[nH]c1=O. The summed E-state index contributed by atoms with van der Waals surface area (Å²) < 4.78 is 33.1. The molecule has 2 N–H and O–H groups in total. The van der Waals surface area contributed by atoms with Crippen molar-refractivity contribution in [2.75, 3.05) is 26.2 Å². The number of pyridine rings is 1. The standard InChI is InChI=1S/C19H27N3O4S/c1-3-15-13-16(14(2)21-19(15)23)17-7-8-18(26-17)27(24,25)20-9-6-12-22-10-4-5-11-22/h7-8,13,20H,3-6,9-12H2,1-2H3,(H,21,23). The topological polar surface area (TPSA) is 95.4 Å². The summed E-state index contributed by atoms with van der Waals surface area (Å²) in [6, 6.07) is 4.83. The smallest absolute Gasteiger partial charge is 0.273 e. The van der Waals surface area contributed by atoms with Crippen molar-refractivity contribution in [3.05, 3.63) is 39.8 Å². The number of nitrogens with one attached hydrogen (secondary N) is 2. The van der Waals surface area contributed by atoms with Gasteiger partial charge in [0.1, 0.15) is 5.76 Å². The third kappa shape index (κ3) is 4.69. The Morgan fingerprint density at radius 2 is 2.00 bits per heavy atom. The maximum absolute atomic E-state index is 12.5. The van der Waals surface area contributed by atoms with Crippen molar-refractivity contribution in [3.8, 4) is 11.3 Å². The van der Waals surface area contributed by atoms with Gasteiger partial charge in [-0.3, -0.25) is 4.79 Å². The second-order valence-electron chi connectivity index (χ2n) is 6.93. The van der Waals surface area contributed by atoms with E-state index in [2.05, 4.69) is 14.6 Å². The molecule has 2 aromatic rings. The lowest BCUT2D eigenvalue weighted by atomic mass is 10.1. The highest BCUT2D eigenvalue weighted by Crippen LogP contribution is 2.26. The molecule has 0 saturated carbocycles. The summed E-state index contributed by atoms with van der Waals surface area (Å²) in [4.78, 5) is 17.0. The highest BCUT2D eigenvalue weighted by molar-refractivity contribution is 7.89. The number of aryl methyl sites for hydroxylation is 2. The lowest BCUT2D eigenvalue weighted by molar-refractivity contribution is 0.334. The Labute approximate surface area is 159 Å². The van der Waals surface area contributed by atoms with Gasteiger partial charge in [-0.05, 0) is 70.4 Å². The van der Waals surface area contributed by atoms with Crippen LogP contribution in [0.4, 0.5) is 0 Å². The van der Waals surface area contributed by atoms with Gasteiger partial charge in [0.15, 0.2) is 0 Å². The summed E-state index contributed by atoms with van der Waals surface area (Å²) >= 11 is 0. The maximum atomic E-state index is 12.5. The van der Waals surface area contributed by atoms with Gasteiger partial charge in [-0.1, -0.05) is 6.92 Å². The second-order valence-corrected chi connectivity index (χ2v) is 8.63. The molecule has 1 fully saturated rings. The number of nitrogens with zero attached hydrogens (tertiary/aromatic N) is 1. The molecular formula is C19H27N3O4S. The maximum Gasteiger partial charge on any atom is 0.273 e. The fraction of sp³-hybridized carbons (Fsp3) is 0.526. The number of hydrogen-bond acceptors (Lipinski definition) is 5. The molecule has 0 atom stereocenters. The van der Waals surface area contributed by atoms with E-state index < -0.39 is 10.0 Å². The van der Waals surface area contributed by atoms with Crippen LogP contribution in [-0.2, 0) is 16.4 Å². The van der Waals surface area contributed by atoms with Crippen LogP contribution in [0.3, 0.4) is 0 Å². The molecular weight excluding hydrogens is 366 g/mol. The van der Waals surface area contributed by atoms with Crippen LogP contribution < -0.4 is 10.3 Å². The predicted molar refractivity (Wildman–Crippen MR) is 104 cm³/mol. The summed E-state index contributed by atoms with van der Waals surface area (Å²) in [6.07, 6.45) is 3.81. The Hall–Kier alpha value is -1.90. The fourth-order valence-electron chi connectivity index (χ4n) is 3.38. The number of hydrogen-bond donors (Lipinski definition) is 2. The zero-order valence-corrected chi connectivity index (χ0v) is 16.7. The lowest BCUT2D eigenvalue weighted by Gasteiger charge is -2.14. The first kappa shape index (κ1) is 19.9. The molecule has 1 saturated heterocycles. The highest BCUT2D eigenvalue weighted by Gasteiger charge is 2.20. The van der Waals surface area contributed by atoms with E-state index >= 15 is 0 Å². The molecule has 3 rings (SSSR count). The van der Waals surface area contributed by atoms with E-state index in [9.17, 15) is 13.2 Å². The molecule has 8 heteroatoms. The van der Waals surface area contributed by atoms with Crippen LogP contribution in [0.2, 0.25) is 0 Å². The van der Waals surface area contributed by atoms with Crippen molar-refractivity contribution in [1.82, 2.24) is 14.6 Å². The van der Waals surface area contributed by atoms with Gasteiger partial charge < -0.3 is 14.3 Å². The van der Waals surface area contributed by atoms with Crippen LogP contribution in [0.1, 0.15) is 37.4 Å². The van der Waals surface area contributed by atoms with Gasteiger partial charge in [0.05, 0.1) is 0 Å². The predicted octanol–water partition coefficient (Wildman–Crippen LogP) is 2.27. The van der Waals surface area contributed by atoms with Gasteiger partial charge in [-0.2, -0.15) is 0 Å². The summed E-state index contributed by atoms with van der Waals surface area (Å²) in [7, 11) is -3.69. The summed E-state index contributed by atoms with van der Waals surface area (Å²) in [5, 5.41) is -0.109. The van der Waals surface area contributed by atoms with Crippen molar-refractivity contribution in [2.24, 2.45) is 0 Å². The van der Waals surface area contributed by atoms with Crippen molar-refractivity contribution >= 4 is 10.0 Å². The van der Waals surface area contributed by atoms with Gasteiger partial charge in [0, 0.05) is 23.4 Å². The van der Waals surface area contributed by atoms with Crippen LogP contribution in [0.15, 0.2) is 32.5 Å². The molecule has 0 aliphatic carbocycles. The Kier molecular flexibility index (Phi) is 6.18. The van der Waals surface area contributed by atoms with E-state index in [0.717, 1.165) is 26.1 Å². The Morgan fingerprint density at radius 3 is 2.70 bits per heavy atom. The minimum Gasteiger partial charge on any atom is -0.443 e. The van der Waals surface area contributed by atoms with Gasteiger partial charge >= 0.3 is 0 Å². The van der Waals surface area contributed by atoms with Crippen molar-refractivity contribution in [3.63, 3.8) is 0 Å². The van der Waals surface area contributed by atoms with Crippen molar-refractivity contribution in [1.29, 1.82) is 0 Å². The number of furan rings is 1. The summed E-state index contributed by atoms with van der Waals surface area (Å²) in [5.41, 5.74) is 1.85. The number of rotatable bonds is 8. The number of sulfonamides is 1. The molecule has 0 amide bonds. The first-order chi connectivity index (χ1) is 12.9. The first-order valence-corrected chi connectivity index (χ1v) is 10.9. The Morgan fingerprint density at radius 1 is 1.26 bits per heavy atom. The van der Waals surface area contributed by atoms with E-state index in [4.69, 9.17) is 4.42 Å². The Bertz CT molecular complexity index is 940. The van der Waals surface area contributed by atoms with Gasteiger partial charge in [0.2, 0.25) is 5.09 Å². The van der Waals surface area contributed by atoms with E-state index in [1.807, 2.05) is 6.92 Å². The van der Waals surface area contributed by atoms with E-state index in [-0.39, 0.29) is 10.7 Å². The fourth-order valence-corrected chi connectivity index (χ4v) is 4.38. The lowest BCUT2D eigenvalue weighted by Crippen LogP contribution is -2.28. The van der Waals surface area contributed by atoms with Crippen LogP contribution in [0.25, 0.3) is 11.3 Å². The monoisotopic (exact) mass is 393 g/mol. The minimum atomic E-state index is -3.69. The second kappa shape index (κ2) is 8.41. The minimum absolute atomic E-state index is 0.109. The third-order valence-corrected chi connectivity index (χ3v) is 6.28. The normalized spacial score (nSPS) is 15.5. The zero-order valence-electron chi connectivity index (χ0n) is 15.9. The first-order valence-electron chi connectivity index (χ1n) is 9.45. The zero-order chi connectivity index (χ0) is 19.4. The van der Waals surface area contributed by atoms with E-state index in [0.29, 0.717) is 35.5 Å². The largest absolute Gasteiger partial charge is 0.443 e. The molecule has 0 radical (unpaired) electrons. The van der Waals surface area contributed by atoms with Gasteiger partial charge in [-0.25, -0.2) is 13.1 Å². The number of aromatic amines is 1. The molecule has 7 nitrogen and oxygen atoms in total. The van der Waals surface area contributed by atoms with Crippen LogP contribution >= 0.6 is 0 Å². The third-order valence-electron chi connectivity index (χ3n) is 4.95. The number of aromatic nitrogens is 1. The number of H-pyrrole nitrogens is 1. The van der Waals surface area contributed by atoms with Crippen molar-refractivity contribution < 1.29 is 12.8 Å². The summed E-state index contributed by atoms with van der Waals surface area (Å²) in [6.45, 7) is 7.16. The quantitative estimate of drug-likeness (QED) is 0.671. The molecule has 27 heavy (non-hydrogen) atoms. The number of likely N-dealkylation sites (tertiary alicyclic amines) is 1. The molecule has 148 valence electrons.